The molecule has 0 saturated heterocycles. The normalized spacial score (nSPS) is 13.1. The Kier molecular flexibility index (Phi) is 12.1. The van der Waals surface area contributed by atoms with Crippen LogP contribution in [0.15, 0.2) is 43.0 Å². The molecule has 35 heavy (non-hydrogen) atoms. The highest BCUT2D eigenvalue weighted by Gasteiger charge is 2.14. The molecule has 11 N–H and O–H groups in total. The molecular formula is C23H34N6O6. The molecule has 0 fully saturated rings. The second-order valence-electron chi connectivity index (χ2n) is 8.31. The van der Waals surface area contributed by atoms with Crippen LogP contribution in [-0.4, -0.2) is 66.3 Å². The fourth-order valence-corrected chi connectivity index (χ4v) is 2.95. The molecule has 3 rings (SSSR count). The summed E-state index contributed by atoms with van der Waals surface area (Å²) >= 11 is 0. The zero-order chi connectivity index (χ0) is 26.5. The number of rotatable bonds is 9. The first-order chi connectivity index (χ1) is 16.4. The molecule has 3 aromatic rings. The molecule has 12 heteroatoms. The summed E-state index contributed by atoms with van der Waals surface area (Å²) in [6.07, 6.45) is 6.05. The minimum atomic E-state index is -1.00. The van der Waals surface area contributed by atoms with Crippen molar-refractivity contribution in [3.05, 3.63) is 54.2 Å². The molecule has 2 heterocycles. The highest BCUT2D eigenvalue weighted by molar-refractivity contribution is 5.84. The summed E-state index contributed by atoms with van der Waals surface area (Å²) in [5, 5.41) is 26.5. The number of hydrogen-bond donors (Lipinski definition) is 8. The van der Waals surface area contributed by atoms with Gasteiger partial charge in [-0.15, -0.1) is 0 Å². The van der Waals surface area contributed by atoms with E-state index in [1.165, 1.54) is 6.33 Å². The smallest absolute Gasteiger partial charge is 0.320 e. The molecule has 0 amide bonds. The Morgan fingerprint density at radius 3 is 1.94 bits per heavy atom. The molecule has 0 radical (unpaired) electrons. The number of nitrogens with zero attached hydrogens (tertiary/aromatic N) is 1. The molecule has 0 bridgehead atoms. The van der Waals surface area contributed by atoms with Crippen LogP contribution in [0, 0.1) is 5.92 Å². The van der Waals surface area contributed by atoms with Gasteiger partial charge in [0.05, 0.1) is 6.33 Å². The van der Waals surface area contributed by atoms with E-state index in [1.807, 2.05) is 44.3 Å². The number of fused-ring (bicyclic) bond motifs is 1. The maximum Gasteiger partial charge on any atom is 0.320 e. The van der Waals surface area contributed by atoms with Gasteiger partial charge in [0.1, 0.15) is 18.1 Å². The number of carboxylic acids is 3. The van der Waals surface area contributed by atoms with E-state index in [4.69, 9.17) is 32.5 Å². The molecule has 2 aromatic heterocycles. The van der Waals surface area contributed by atoms with Gasteiger partial charge in [0.15, 0.2) is 0 Å². The van der Waals surface area contributed by atoms with E-state index >= 15 is 0 Å². The van der Waals surface area contributed by atoms with Crippen molar-refractivity contribution in [2.75, 3.05) is 0 Å². The van der Waals surface area contributed by atoms with E-state index in [2.05, 4.69) is 15.0 Å². The Bertz CT molecular complexity index is 1070. The number of aliphatic carboxylic acids is 3. The second-order valence-corrected chi connectivity index (χ2v) is 8.31. The Hall–Kier alpha value is -3.74. The summed E-state index contributed by atoms with van der Waals surface area (Å²) in [7, 11) is 0. The van der Waals surface area contributed by atoms with Crippen molar-refractivity contribution in [3.8, 4) is 0 Å². The van der Waals surface area contributed by atoms with Crippen LogP contribution >= 0.6 is 0 Å². The molecule has 0 saturated carbocycles. The van der Waals surface area contributed by atoms with Crippen molar-refractivity contribution >= 4 is 28.8 Å². The predicted molar refractivity (Wildman–Crippen MR) is 131 cm³/mol. The average Bonchev–Trinajstić information content (AvgIpc) is 3.44. The molecule has 0 spiro atoms. The van der Waals surface area contributed by atoms with Crippen LogP contribution in [0.3, 0.4) is 0 Å². The Labute approximate surface area is 202 Å². The molecule has 1 aromatic carbocycles. The van der Waals surface area contributed by atoms with Gasteiger partial charge >= 0.3 is 17.9 Å². The van der Waals surface area contributed by atoms with Crippen molar-refractivity contribution in [3.63, 3.8) is 0 Å². The number of imidazole rings is 1. The molecule has 12 nitrogen and oxygen atoms in total. The Balaban J connectivity index is 0.000000274. The SMILES string of the molecule is CC(C)C[C@H](N)C(=O)O.N[C@@H](Cc1c[nH]c2ccccc12)C(=O)O.N[C@@H](Cc1cnc[nH]1)C(=O)O. The van der Waals surface area contributed by atoms with Gasteiger partial charge in [0.2, 0.25) is 0 Å². The zero-order valence-electron chi connectivity index (χ0n) is 19.7. The van der Waals surface area contributed by atoms with Gasteiger partial charge in [-0.2, -0.15) is 0 Å². The predicted octanol–water partition coefficient (Wildman–Crippen LogP) is 0.931. The average molecular weight is 491 g/mol. The number of nitrogens with two attached hydrogens (primary N) is 3. The number of H-pyrrole nitrogens is 2. The van der Waals surface area contributed by atoms with E-state index < -0.39 is 36.0 Å². The number of benzene rings is 1. The van der Waals surface area contributed by atoms with Crippen LogP contribution in [0.5, 0.6) is 0 Å². The topological polar surface area (TPSA) is 234 Å². The summed E-state index contributed by atoms with van der Waals surface area (Å²) in [6.45, 7) is 3.89. The van der Waals surface area contributed by atoms with E-state index in [0.29, 0.717) is 18.8 Å². The van der Waals surface area contributed by atoms with Gasteiger partial charge in [-0.25, -0.2) is 4.98 Å². The molecular weight excluding hydrogens is 456 g/mol. The van der Waals surface area contributed by atoms with Crippen molar-refractivity contribution in [2.45, 2.75) is 51.2 Å². The summed E-state index contributed by atoms with van der Waals surface area (Å²) in [5.74, 6) is -2.53. The summed E-state index contributed by atoms with van der Waals surface area (Å²) < 4.78 is 0. The quantitative estimate of drug-likeness (QED) is 0.211. The first-order valence-electron chi connectivity index (χ1n) is 10.9. The Morgan fingerprint density at radius 2 is 1.46 bits per heavy atom. The fourth-order valence-electron chi connectivity index (χ4n) is 2.95. The molecule has 192 valence electrons. The summed E-state index contributed by atoms with van der Waals surface area (Å²) in [6, 6.07) is 5.37. The highest BCUT2D eigenvalue weighted by Crippen LogP contribution is 2.18. The monoisotopic (exact) mass is 490 g/mol. The first-order valence-corrected chi connectivity index (χ1v) is 10.9. The highest BCUT2D eigenvalue weighted by atomic mass is 16.4. The van der Waals surface area contributed by atoms with E-state index in [0.717, 1.165) is 22.2 Å². The summed E-state index contributed by atoms with van der Waals surface area (Å²) in [4.78, 5) is 40.6. The van der Waals surface area contributed by atoms with Gasteiger partial charge in [-0.05, 0) is 24.0 Å². The number of aromatic amines is 2. The fraction of sp³-hybridized carbons (Fsp3) is 0.391. The van der Waals surface area contributed by atoms with Crippen LogP contribution in [-0.2, 0) is 27.2 Å². The lowest BCUT2D eigenvalue weighted by molar-refractivity contribution is -0.139. The van der Waals surface area contributed by atoms with Crippen LogP contribution in [0.25, 0.3) is 10.9 Å². The third-order valence-corrected chi connectivity index (χ3v) is 4.79. The number of carbonyl (C=O) groups is 3. The van der Waals surface area contributed by atoms with E-state index in [1.54, 1.807) is 6.20 Å². The maximum atomic E-state index is 10.6. The van der Waals surface area contributed by atoms with Gasteiger partial charge < -0.3 is 42.5 Å². The molecule has 0 aliphatic rings. The van der Waals surface area contributed by atoms with Crippen molar-refractivity contribution < 1.29 is 29.7 Å². The van der Waals surface area contributed by atoms with Gasteiger partial charge in [-0.3, -0.25) is 14.4 Å². The Morgan fingerprint density at radius 1 is 0.886 bits per heavy atom. The minimum absolute atomic E-state index is 0.287. The number of aromatic nitrogens is 3. The van der Waals surface area contributed by atoms with E-state index in [9.17, 15) is 14.4 Å². The number of nitrogens with one attached hydrogen (secondary N) is 2. The third-order valence-electron chi connectivity index (χ3n) is 4.79. The largest absolute Gasteiger partial charge is 0.480 e. The first kappa shape index (κ1) is 29.3. The summed E-state index contributed by atoms with van der Waals surface area (Å²) in [5.41, 5.74) is 18.6. The lowest BCUT2D eigenvalue weighted by Gasteiger charge is -2.07. The second kappa shape index (κ2) is 14.5. The minimum Gasteiger partial charge on any atom is -0.480 e. The molecule has 0 aliphatic carbocycles. The van der Waals surface area contributed by atoms with Crippen molar-refractivity contribution in [1.82, 2.24) is 15.0 Å². The lowest BCUT2D eigenvalue weighted by atomic mass is 10.1. The van der Waals surface area contributed by atoms with Crippen molar-refractivity contribution in [1.29, 1.82) is 0 Å². The van der Waals surface area contributed by atoms with Gasteiger partial charge in [0, 0.05) is 41.8 Å². The number of carboxylic acid groups (broad SMARTS) is 3. The van der Waals surface area contributed by atoms with Gasteiger partial charge in [-0.1, -0.05) is 32.0 Å². The number of hydrogen-bond acceptors (Lipinski definition) is 7. The maximum absolute atomic E-state index is 10.6. The standard InChI is InChI=1S/C11H12N2O2.C6H9N3O2.C6H13NO2/c12-9(11(14)15)5-7-6-13-10-4-2-1-3-8(7)10;7-5(6(10)11)1-4-2-8-3-9-4;1-4(2)3-5(7)6(8)9/h1-4,6,9,13H,5,12H2,(H,14,15);2-3,5H,1,7H2,(H,8,9)(H,10,11);4-5H,3,7H2,1-2H3,(H,8,9)/t9-;2*5-/m000/s1. The van der Waals surface area contributed by atoms with Crippen LogP contribution in [0.1, 0.15) is 31.5 Å². The van der Waals surface area contributed by atoms with Crippen LogP contribution < -0.4 is 17.2 Å². The zero-order valence-corrected chi connectivity index (χ0v) is 19.7. The van der Waals surface area contributed by atoms with Crippen molar-refractivity contribution in [2.24, 2.45) is 23.1 Å². The molecule has 3 atom stereocenters. The van der Waals surface area contributed by atoms with Crippen LogP contribution in [0.2, 0.25) is 0 Å². The lowest BCUT2D eigenvalue weighted by Crippen LogP contribution is -2.32. The number of para-hydroxylation sites is 1. The van der Waals surface area contributed by atoms with E-state index in [-0.39, 0.29) is 6.42 Å². The third kappa shape index (κ3) is 10.8. The van der Waals surface area contributed by atoms with Crippen LogP contribution in [0.4, 0.5) is 0 Å². The molecule has 0 unspecified atom stereocenters. The van der Waals surface area contributed by atoms with Gasteiger partial charge in [0.25, 0.3) is 0 Å². The molecule has 0 aliphatic heterocycles.